The molecule has 2 rings (SSSR count). The van der Waals surface area contributed by atoms with Crippen molar-refractivity contribution in [2.45, 2.75) is 13.5 Å². The Labute approximate surface area is 115 Å². The van der Waals surface area contributed by atoms with E-state index in [9.17, 15) is 14.0 Å². The molecular weight excluding hydrogens is 261 g/mol. The first-order chi connectivity index (χ1) is 9.38. The molecular formula is C14H16FN3O2. The Kier molecular flexibility index (Phi) is 3.74. The van der Waals surface area contributed by atoms with Crippen LogP contribution in [-0.2, 0) is 20.6 Å². The summed E-state index contributed by atoms with van der Waals surface area (Å²) in [6, 6.07) is 5.98. The number of nitrogens with one attached hydrogen (secondary N) is 1. The molecule has 1 aromatic heterocycles. The summed E-state index contributed by atoms with van der Waals surface area (Å²) in [4.78, 5) is 23.4. The van der Waals surface area contributed by atoms with Crippen LogP contribution in [0, 0.1) is 12.7 Å². The summed E-state index contributed by atoms with van der Waals surface area (Å²) < 4.78 is 15.7. The maximum atomic E-state index is 13.3. The SMILES string of the molecule is Cc1cc(F)cc(NCc2cc(=O)n(C)c(=O)n2C)c1. The predicted molar refractivity (Wildman–Crippen MR) is 75.4 cm³/mol. The molecule has 6 heteroatoms. The van der Waals surface area contributed by atoms with E-state index in [4.69, 9.17) is 0 Å². The van der Waals surface area contributed by atoms with Crippen molar-refractivity contribution in [1.29, 1.82) is 0 Å². The number of rotatable bonds is 3. The van der Waals surface area contributed by atoms with E-state index in [1.165, 1.54) is 29.8 Å². The minimum atomic E-state index is -0.385. The fourth-order valence-corrected chi connectivity index (χ4v) is 1.98. The Balaban J connectivity index is 2.28. The van der Waals surface area contributed by atoms with Gasteiger partial charge in [0.1, 0.15) is 5.82 Å². The first-order valence-corrected chi connectivity index (χ1v) is 6.15. The van der Waals surface area contributed by atoms with Crippen LogP contribution < -0.4 is 16.6 Å². The zero-order valence-electron chi connectivity index (χ0n) is 11.6. The van der Waals surface area contributed by atoms with Gasteiger partial charge in [-0.15, -0.1) is 0 Å². The monoisotopic (exact) mass is 277 g/mol. The number of nitrogens with zero attached hydrogens (tertiary/aromatic N) is 2. The van der Waals surface area contributed by atoms with Gasteiger partial charge in [-0.05, 0) is 30.7 Å². The molecule has 0 aliphatic heterocycles. The van der Waals surface area contributed by atoms with Crippen LogP contribution in [0.2, 0.25) is 0 Å². The molecule has 0 fully saturated rings. The average molecular weight is 277 g/mol. The minimum Gasteiger partial charge on any atom is -0.379 e. The van der Waals surface area contributed by atoms with Crippen LogP contribution in [0.4, 0.5) is 10.1 Å². The molecule has 0 radical (unpaired) electrons. The van der Waals surface area contributed by atoms with Crippen LogP contribution >= 0.6 is 0 Å². The predicted octanol–water partition coefficient (Wildman–Crippen LogP) is 1.14. The van der Waals surface area contributed by atoms with Gasteiger partial charge in [0.25, 0.3) is 5.56 Å². The molecule has 5 nitrogen and oxygen atoms in total. The highest BCUT2D eigenvalue weighted by atomic mass is 19.1. The molecule has 0 saturated heterocycles. The fourth-order valence-electron chi connectivity index (χ4n) is 1.98. The molecule has 0 amide bonds. The van der Waals surface area contributed by atoms with Crippen LogP contribution in [0.5, 0.6) is 0 Å². The molecule has 0 unspecified atom stereocenters. The number of hydrogen-bond donors (Lipinski definition) is 1. The second-order valence-electron chi connectivity index (χ2n) is 4.75. The smallest absolute Gasteiger partial charge is 0.330 e. The Bertz CT molecular complexity index is 742. The number of hydrogen-bond acceptors (Lipinski definition) is 3. The number of aromatic nitrogens is 2. The summed E-state index contributed by atoms with van der Waals surface area (Å²) in [6.45, 7) is 2.06. The van der Waals surface area contributed by atoms with Crippen molar-refractivity contribution < 1.29 is 4.39 Å². The second-order valence-corrected chi connectivity index (χ2v) is 4.75. The summed E-state index contributed by atoms with van der Waals surface area (Å²) in [5, 5.41) is 3.01. The van der Waals surface area contributed by atoms with Crippen molar-refractivity contribution >= 4 is 5.69 Å². The standard InChI is InChI=1S/C14H16FN3O2/c1-9-4-10(15)6-11(5-9)16-8-12-7-13(19)18(3)14(20)17(12)2/h4-7,16H,8H2,1-3H3. The Morgan fingerprint density at radius 2 is 1.80 bits per heavy atom. The summed E-state index contributed by atoms with van der Waals surface area (Å²) in [5.74, 6) is -0.328. The summed E-state index contributed by atoms with van der Waals surface area (Å²) in [6.07, 6.45) is 0. The van der Waals surface area contributed by atoms with Gasteiger partial charge in [-0.3, -0.25) is 13.9 Å². The van der Waals surface area contributed by atoms with Gasteiger partial charge in [-0.1, -0.05) is 0 Å². The van der Waals surface area contributed by atoms with E-state index in [0.717, 1.165) is 10.1 Å². The fraction of sp³-hybridized carbons (Fsp3) is 0.286. The van der Waals surface area contributed by atoms with Crippen molar-refractivity contribution in [2.24, 2.45) is 14.1 Å². The second kappa shape index (κ2) is 5.32. The van der Waals surface area contributed by atoms with Crippen LogP contribution in [0.15, 0.2) is 33.9 Å². The number of anilines is 1. The molecule has 0 bridgehead atoms. The third-order valence-corrected chi connectivity index (χ3v) is 3.14. The maximum Gasteiger partial charge on any atom is 0.330 e. The zero-order chi connectivity index (χ0) is 14.9. The lowest BCUT2D eigenvalue weighted by Gasteiger charge is -2.11. The van der Waals surface area contributed by atoms with Crippen molar-refractivity contribution in [3.63, 3.8) is 0 Å². The van der Waals surface area contributed by atoms with Crippen molar-refractivity contribution in [3.05, 3.63) is 62.2 Å². The van der Waals surface area contributed by atoms with E-state index < -0.39 is 0 Å². The van der Waals surface area contributed by atoms with Gasteiger partial charge in [0.15, 0.2) is 0 Å². The number of halogens is 1. The largest absolute Gasteiger partial charge is 0.379 e. The van der Waals surface area contributed by atoms with E-state index in [1.807, 2.05) is 0 Å². The van der Waals surface area contributed by atoms with E-state index in [0.29, 0.717) is 11.4 Å². The maximum absolute atomic E-state index is 13.3. The highest BCUT2D eigenvalue weighted by Crippen LogP contribution is 2.13. The van der Waals surface area contributed by atoms with Gasteiger partial charge in [-0.25, -0.2) is 9.18 Å². The summed E-state index contributed by atoms with van der Waals surface area (Å²) >= 11 is 0. The molecule has 20 heavy (non-hydrogen) atoms. The summed E-state index contributed by atoms with van der Waals surface area (Å²) in [7, 11) is 3.02. The van der Waals surface area contributed by atoms with E-state index in [2.05, 4.69) is 5.32 Å². The Hall–Kier alpha value is -2.37. The van der Waals surface area contributed by atoms with E-state index in [1.54, 1.807) is 20.0 Å². The Morgan fingerprint density at radius 3 is 2.45 bits per heavy atom. The van der Waals surface area contributed by atoms with E-state index >= 15 is 0 Å². The lowest BCUT2D eigenvalue weighted by atomic mass is 10.2. The van der Waals surface area contributed by atoms with Crippen molar-refractivity contribution in [2.75, 3.05) is 5.32 Å². The van der Waals surface area contributed by atoms with Gasteiger partial charge in [0.2, 0.25) is 0 Å². The number of benzene rings is 1. The molecule has 0 atom stereocenters. The van der Waals surface area contributed by atoms with Crippen molar-refractivity contribution in [1.82, 2.24) is 9.13 Å². The number of aryl methyl sites for hydroxylation is 1. The topological polar surface area (TPSA) is 56.0 Å². The van der Waals surface area contributed by atoms with Gasteiger partial charge >= 0.3 is 5.69 Å². The van der Waals surface area contributed by atoms with Crippen LogP contribution in [0.1, 0.15) is 11.3 Å². The molecule has 0 aliphatic carbocycles. The molecule has 0 saturated carbocycles. The molecule has 106 valence electrons. The minimum absolute atomic E-state index is 0.269. The molecule has 1 N–H and O–H groups in total. The first kappa shape index (κ1) is 14.0. The highest BCUT2D eigenvalue weighted by Gasteiger charge is 2.06. The van der Waals surface area contributed by atoms with Gasteiger partial charge in [0, 0.05) is 31.5 Å². The lowest BCUT2D eigenvalue weighted by molar-refractivity contribution is 0.626. The normalized spacial score (nSPS) is 10.6. The lowest BCUT2D eigenvalue weighted by Crippen LogP contribution is -2.38. The highest BCUT2D eigenvalue weighted by molar-refractivity contribution is 5.46. The zero-order valence-corrected chi connectivity index (χ0v) is 11.6. The molecule has 0 aliphatic rings. The van der Waals surface area contributed by atoms with Crippen molar-refractivity contribution in [3.8, 4) is 0 Å². The van der Waals surface area contributed by atoms with E-state index in [-0.39, 0.29) is 23.6 Å². The van der Waals surface area contributed by atoms with Gasteiger partial charge in [-0.2, -0.15) is 0 Å². The van der Waals surface area contributed by atoms with Gasteiger partial charge in [0.05, 0.1) is 6.54 Å². The third kappa shape index (κ3) is 2.79. The molecule has 0 spiro atoms. The van der Waals surface area contributed by atoms with Crippen LogP contribution in [-0.4, -0.2) is 9.13 Å². The van der Waals surface area contributed by atoms with Crippen LogP contribution in [0.25, 0.3) is 0 Å². The summed E-state index contributed by atoms with van der Waals surface area (Å²) in [5.41, 5.74) is 1.20. The quantitative estimate of drug-likeness (QED) is 0.915. The molecule has 1 heterocycles. The average Bonchev–Trinajstić information content (AvgIpc) is 2.38. The van der Waals surface area contributed by atoms with Crippen LogP contribution in [0.3, 0.4) is 0 Å². The first-order valence-electron chi connectivity index (χ1n) is 6.15. The molecule has 1 aromatic carbocycles. The van der Waals surface area contributed by atoms with Gasteiger partial charge < -0.3 is 5.32 Å². The third-order valence-electron chi connectivity index (χ3n) is 3.14. The Morgan fingerprint density at radius 1 is 1.10 bits per heavy atom. The molecule has 2 aromatic rings.